The summed E-state index contributed by atoms with van der Waals surface area (Å²) in [6.07, 6.45) is 0. The minimum absolute atomic E-state index is 0.0983. The fraction of sp³-hybridized carbons (Fsp3) is 0.333. The summed E-state index contributed by atoms with van der Waals surface area (Å²) in [4.78, 5) is 25.5. The van der Waals surface area contributed by atoms with Crippen LogP contribution in [0, 0.1) is 5.92 Å². The van der Waals surface area contributed by atoms with E-state index < -0.39 is 6.04 Å². The predicted octanol–water partition coefficient (Wildman–Crippen LogP) is 3.49. The Labute approximate surface area is 159 Å². The molecule has 27 heavy (non-hydrogen) atoms. The number of para-hydroxylation sites is 1. The number of ether oxygens (including phenoxy) is 2. The molecule has 6 heteroatoms. The summed E-state index contributed by atoms with van der Waals surface area (Å²) in [5.74, 6) is 0.398. The molecule has 2 N–H and O–H groups in total. The third kappa shape index (κ3) is 5.48. The van der Waals surface area contributed by atoms with Crippen LogP contribution in [-0.2, 0) is 4.79 Å². The smallest absolute Gasteiger partial charge is 0.255 e. The summed E-state index contributed by atoms with van der Waals surface area (Å²) in [5.41, 5.74) is 1.01. The Morgan fingerprint density at radius 3 is 2.48 bits per heavy atom. The number of carbonyl (C=O) groups is 2. The Morgan fingerprint density at radius 2 is 1.81 bits per heavy atom. The molecule has 2 aromatic rings. The zero-order chi connectivity index (χ0) is 19.8. The lowest BCUT2D eigenvalue weighted by molar-refractivity contribution is -0.118. The fourth-order valence-electron chi connectivity index (χ4n) is 2.61. The van der Waals surface area contributed by atoms with E-state index in [-0.39, 0.29) is 17.7 Å². The van der Waals surface area contributed by atoms with Crippen molar-refractivity contribution < 1.29 is 19.1 Å². The number of rotatable bonds is 8. The Morgan fingerprint density at radius 1 is 1.07 bits per heavy atom. The number of anilines is 1. The van der Waals surface area contributed by atoms with Gasteiger partial charge < -0.3 is 20.1 Å². The van der Waals surface area contributed by atoms with Crippen LogP contribution in [-0.4, -0.2) is 31.6 Å². The van der Waals surface area contributed by atoms with Crippen molar-refractivity contribution in [1.29, 1.82) is 0 Å². The lowest BCUT2D eigenvalue weighted by Crippen LogP contribution is -2.47. The predicted molar refractivity (Wildman–Crippen MR) is 105 cm³/mol. The molecule has 2 amide bonds. The van der Waals surface area contributed by atoms with Gasteiger partial charge in [0, 0.05) is 11.8 Å². The van der Waals surface area contributed by atoms with Gasteiger partial charge in [-0.2, -0.15) is 0 Å². The van der Waals surface area contributed by atoms with Gasteiger partial charge in [-0.05, 0) is 37.1 Å². The molecular weight excluding hydrogens is 344 g/mol. The van der Waals surface area contributed by atoms with Crippen molar-refractivity contribution in [2.75, 3.05) is 19.0 Å². The molecule has 0 aliphatic rings. The minimum Gasteiger partial charge on any atom is -0.497 e. The second-order valence-electron chi connectivity index (χ2n) is 6.35. The highest BCUT2D eigenvalue weighted by Crippen LogP contribution is 2.20. The van der Waals surface area contributed by atoms with E-state index in [4.69, 9.17) is 9.47 Å². The van der Waals surface area contributed by atoms with Crippen molar-refractivity contribution in [2.24, 2.45) is 5.92 Å². The zero-order valence-corrected chi connectivity index (χ0v) is 16.1. The highest BCUT2D eigenvalue weighted by molar-refractivity contribution is 6.02. The largest absolute Gasteiger partial charge is 0.497 e. The quantitative estimate of drug-likeness (QED) is 0.746. The summed E-state index contributed by atoms with van der Waals surface area (Å²) in [6, 6.07) is 13.4. The Hall–Kier alpha value is -3.02. The molecule has 144 valence electrons. The summed E-state index contributed by atoms with van der Waals surface area (Å²) in [6.45, 7) is 6.07. The van der Waals surface area contributed by atoms with Crippen LogP contribution in [0.4, 0.5) is 5.69 Å². The maximum absolute atomic E-state index is 12.7. The van der Waals surface area contributed by atoms with Gasteiger partial charge in [0.15, 0.2) is 0 Å². The van der Waals surface area contributed by atoms with Crippen molar-refractivity contribution in [3.63, 3.8) is 0 Å². The summed E-state index contributed by atoms with van der Waals surface area (Å²) in [5, 5.41) is 5.65. The van der Waals surface area contributed by atoms with Gasteiger partial charge in [0.25, 0.3) is 5.91 Å². The maximum atomic E-state index is 12.7. The van der Waals surface area contributed by atoms with E-state index in [0.717, 1.165) is 0 Å². The third-order valence-electron chi connectivity index (χ3n) is 4.00. The van der Waals surface area contributed by atoms with Crippen molar-refractivity contribution in [1.82, 2.24) is 5.32 Å². The normalized spacial score (nSPS) is 11.6. The van der Waals surface area contributed by atoms with Gasteiger partial charge in [-0.3, -0.25) is 9.59 Å². The van der Waals surface area contributed by atoms with Gasteiger partial charge in [0.05, 0.1) is 19.3 Å². The SMILES string of the molecule is CCOc1ccccc1C(=O)N[C@H](C(=O)Nc1cccc(OC)c1)C(C)C. The molecule has 0 aliphatic carbocycles. The maximum Gasteiger partial charge on any atom is 0.255 e. The number of amides is 2. The van der Waals surface area contributed by atoms with E-state index in [0.29, 0.717) is 29.4 Å². The van der Waals surface area contributed by atoms with Gasteiger partial charge >= 0.3 is 0 Å². The first-order valence-corrected chi connectivity index (χ1v) is 8.93. The highest BCUT2D eigenvalue weighted by Gasteiger charge is 2.26. The van der Waals surface area contributed by atoms with Crippen molar-refractivity contribution >= 4 is 17.5 Å². The highest BCUT2D eigenvalue weighted by atomic mass is 16.5. The van der Waals surface area contributed by atoms with Crippen molar-refractivity contribution in [3.8, 4) is 11.5 Å². The summed E-state index contributed by atoms with van der Waals surface area (Å²) < 4.78 is 10.7. The van der Waals surface area contributed by atoms with Crippen LogP contribution in [0.5, 0.6) is 11.5 Å². The van der Waals surface area contributed by atoms with Gasteiger partial charge in [0.1, 0.15) is 17.5 Å². The van der Waals surface area contributed by atoms with E-state index in [1.807, 2.05) is 20.8 Å². The molecule has 0 spiro atoms. The second kappa shape index (κ2) is 9.62. The topological polar surface area (TPSA) is 76.7 Å². The molecule has 0 aliphatic heterocycles. The number of methoxy groups -OCH3 is 1. The monoisotopic (exact) mass is 370 g/mol. The zero-order valence-electron chi connectivity index (χ0n) is 16.1. The van der Waals surface area contributed by atoms with Crippen LogP contribution in [0.1, 0.15) is 31.1 Å². The van der Waals surface area contributed by atoms with Crippen LogP contribution in [0.15, 0.2) is 48.5 Å². The lowest BCUT2D eigenvalue weighted by Gasteiger charge is -2.22. The molecule has 0 heterocycles. The summed E-state index contributed by atoms with van der Waals surface area (Å²) >= 11 is 0. The molecule has 0 aromatic heterocycles. The first-order valence-electron chi connectivity index (χ1n) is 8.93. The van der Waals surface area contributed by atoms with Gasteiger partial charge in [0.2, 0.25) is 5.91 Å². The molecule has 0 saturated heterocycles. The molecule has 2 aromatic carbocycles. The van der Waals surface area contributed by atoms with Crippen LogP contribution < -0.4 is 20.1 Å². The van der Waals surface area contributed by atoms with Gasteiger partial charge in [-0.25, -0.2) is 0 Å². The van der Waals surface area contributed by atoms with Crippen LogP contribution in [0.2, 0.25) is 0 Å². The lowest BCUT2D eigenvalue weighted by atomic mass is 10.0. The van der Waals surface area contributed by atoms with Gasteiger partial charge in [-0.1, -0.05) is 32.0 Å². The number of carbonyl (C=O) groups excluding carboxylic acids is 2. The molecule has 0 saturated carbocycles. The van der Waals surface area contributed by atoms with E-state index in [9.17, 15) is 9.59 Å². The Bertz CT molecular complexity index is 789. The van der Waals surface area contributed by atoms with Gasteiger partial charge in [-0.15, -0.1) is 0 Å². The minimum atomic E-state index is -0.696. The molecule has 0 unspecified atom stereocenters. The van der Waals surface area contributed by atoms with Crippen molar-refractivity contribution in [3.05, 3.63) is 54.1 Å². The van der Waals surface area contributed by atoms with E-state index in [2.05, 4.69) is 10.6 Å². The fourth-order valence-corrected chi connectivity index (χ4v) is 2.61. The molecule has 1 atom stereocenters. The van der Waals surface area contributed by atoms with E-state index in [1.54, 1.807) is 55.6 Å². The molecule has 0 radical (unpaired) electrons. The number of benzene rings is 2. The van der Waals surface area contributed by atoms with Crippen LogP contribution in [0.25, 0.3) is 0 Å². The first-order chi connectivity index (χ1) is 13.0. The van der Waals surface area contributed by atoms with E-state index >= 15 is 0 Å². The number of hydrogen-bond acceptors (Lipinski definition) is 4. The average Bonchev–Trinajstić information content (AvgIpc) is 2.66. The molecule has 0 fully saturated rings. The molecule has 0 bridgehead atoms. The standard InChI is InChI=1S/C21H26N2O4/c1-5-27-18-12-7-6-11-17(18)20(24)23-19(14(2)3)21(25)22-15-9-8-10-16(13-15)26-4/h6-14,19H,5H2,1-4H3,(H,22,25)(H,23,24)/t19-/m0/s1. The second-order valence-corrected chi connectivity index (χ2v) is 6.35. The average molecular weight is 370 g/mol. The Balaban J connectivity index is 2.15. The first kappa shape index (κ1) is 20.3. The van der Waals surface area contributed by atoms with Crippen molar-refractivity contribution in [2.45, 2.75) is 26.8 Å². The number of hydrogen-bond donors (Lipinski definition) is 2. The molecule has 2 rings (SSSR count). The van der Waals surface area contributed by atoms with Crippen LogP contribution in [0.3, 0.4) is 0 Å². The Kier molecular flexibility index (Phi) is 7.23. The molecular formula is C21H26N2O4. The summed E-state index contributed by atoms with van der Waals surface area (Å²) in [7, 11) is 1.56. The van der Waals surface area contributed by atoms with E-state index in [1.165, 1.54) is 0 Å². The third-order valence-corrected chi connectivity index (χ3v) is 4.00. The van der Waals surface area contributed by atoms with Crippen LogP contribution >= 0.6 is 0 Å². The molecule has 6 nitrogen and oxygen atoms in total. The number of nitrogens with one attached hydrogen (secondary N) is 2.